The Balaban J connectivity index is 3.01. The van der Waals surface area contributed by atoms with Crippen molar-refractivity contribution in [1.29, 1.82) is 0 Å². The third-order valence-electron chi connectivity index (χ3n) is 2.43. The van der Waals surface area contributed by atoms with Crippen LogP contribution in [-0.2, 0) is 4.79 Å². The fraction of sp³-hybridized carbons (Fsp3) is 0.308. The third-order valence-corrected chi connectivity index (χ3v) is 3.72. The summed E-state index contributed by atoms with van der Waals surface area (Å²) in [6.07, 6.45) is 0. The summed E-state index contributed by atoms with van der Waals surface area (Å²) in [6, 6.07) is 3.13. The zero-order chi connectivity index (χ0) is 16.4. The van der Waals surface area contributed by atoms with Gasteiger partial charge in [-0.2, -0.15) is 0 Å². The molecule has 1 aromatic carbocycles. The maximum absolute atomic E-state index is 11.8. The highest BCUT2D eigenvalue weighted by Crippen LogP contribution is 2.31. The summed E-state index contributed by atoms with van der Waals surface area (Å²) >= 11 is 11.5. The molecule has 0 heterocycles. The van der Waals surface area contributed by atoms with Crippen LogP contribution in [0.4, 0.5) is 5.69 Å². The first-order chi connectivity index (χ1) is 9.52. The summed E-state index contributed by atoms with van der Waals surface area (Å²) in [5.41, 5.74) is -0.285. The minimum atomic E-state index is -1.11. The van der Waals surface area contributed by atoms with E-state index in [0.717, 1.165) is 0 Å². The molecule has 3 N–H and O–H groups in total. The normalized spacial score (nSPS) is 10.9. The number of halogens is 2. The van der Waals surface area contributed by atoms with Gasteiger partial charge in [-0.1, -0.05) is 36.7 Å². The lowest BCUT2D eigenvalue weighted by molar-refractivity contribution is -0.126. The molecule has 0 saturated carbocycles. The van der Waals surface area contributed by atoms with Gasteiger partial charge < -0.3 is 15.7 Å². The van der Waals surface area contributed by atoms with Gasteiger partial charge in [-0.05, 0) is 40.3 Å². The van der Waals surface area contributed by atoms with Gasteiger partial charge in [0.05, 0.1) is 11.3 Å². The number of aromatic carboxylic acids is 1. The topological polar surface area (TPSA) is 78.4 Å². The van der Waals surface area contributed by atoms with Gasteiger partial charge in [-0.25, -0.2) is 4.79 Å². The number of carbonyl (C=O) groups excluding carboxylic acids is 1. The summed E-state index contributed by atoms with van der Waals surface area (Å²) in [5.74, 6) is -1.37. The number of anilines is 1. The second kappa shape index (κ2) is 6.85. The molecule has 0 saturated heterocycles. The largest absolute Gasteiger partial charge is 0.478 e. The van der Waals surface area contributed by atoms with Crippen LogP contribution >= 0.6 is 44.1 Å². The number of hydrogen-bond donors (Lipinski definition) is 3. The van der Waals surface area contributed by atoms with E-state index >= 15 is 0 Å². The van der Waals surface area contributed by atoms with Crippen LogP contribution in [0.25, 0.3) is 0 Å². The molecule has 0 spiro atoms. The molecule has 0 radical (unpaired) electrons. The van der Waals surface area contributed by atoms with Gasteiger partial charge in [0.2, 0.25) is 5.91 Å². The molecule has 0 aliphatic rings. The van der Waals surface area contributed by atoms with Crippen LogP contribution in [0.3, 0.4) is 0 Å². The monoisotopic (exact) mass is 436 g/mol. The number of benzene rings is 1. The maximum atomic E-state index is 11.8. The van der Waals surface area contributed by atoms with Gasteiger partial charge >= 0.3 is 5.97 Å². The van der Waals surface area contributed by atoms with Gasteiger partial charge in [0.25, 0.3) is 0 Å². The summed E-state index contributed by atoms with van der Waals surface area (Å²) in [7, 11) is 0. The molecule has 0 bridgehead atoms. The molecular weight excluding hydrogens is 424 g/mol. The Morgan fingerprint density at radius 3 is 2.29 bits per heavy atom. The third kappa shape index (κ3) is 5.05. The van der Waals surface area contributed by atoms with E-state index in [2.05, 4.69) is 42.5 Å². The fourth-order valence-corrected chi connectivity index (χ4v) is 2.82. The molecule has 0 aliphatic heterocycles. The van der Waals surface area contributed by atoms with Crippen LogP contribution in [-0.4, -0.2) is 22.1 Å². The highest BCUT2D eigenvalue weighted by atomic mass is 79.9. The van der Waals surface area contributed by atoms with Crippen LogP contribution in [0.5, 0.6) is 0 Å². The van der Waals surface area contributed by atoms with Crippen molar-refractivity contribution in [2.45, 2.75) is 20.8 Å². The van der Waals surface area contributed by atoms with Crippen molar-refractivity contribution in [2.24, 2.45) is 5.41 Å². The van der Waals surface area contributed by atoms with Crippen molar-refractivity contribution >= 4 is 66.8 Å². The maximum Gasteiger partial charge on any atom is 0.337 e. The Hall–Kier alpha value is -0.990. The first-order valence-electron chi connectivity index (χ1n) is 5.87. The van der Waals surface area contributed by atoms with Gasteiger partial charge in [-0.15, -0.1) is 0 Å². The van der Waals surface area contributed by atoms with Crippen molar-refractivity contribution in [3.8, 4) is 0 Å². The standard InChI is InChI=1S/C13H14Br2N2O3S/c1-13(2,3)11(20)17-12(21)16-9-7(10(18)19)4-6(14)5-8(9)15/h4-5H,1-3H3,(H,18,19)(H2,16,17,20,21). The minimum Gasteiger partial charge on any atom is -0.478 e. The molecule has 0 atom stereocenters. The average Bonchev–Trinajstić information content (AvgIpc) is 2.30. The lowest BCUT2D eigenvalue weighted by Gasteiger charge is -2.19. The van der Waals surface area contributed by atoms with Gasteiger partial charge in [0.1, 0.15) is 0 Å². The van der Waals surface area contributed by atoms with Gasteiger partial charge in [-0.3, -0.25) is 4.79 Å². The molecule has 1 aromatic rings. The van der Waals surface area contributed by atoms with Crippen molar-refractivity contribution < 1.29 is 14.7 Å². The SMILES string of the molecule is CC(C)(C)C(=O)NC(=S)Nc1c(Br)cc(Br)cc1C(=O)O. The number of hydrogen-bond acceptors (Lipinski definition) is 3. The Morgan fingerprint density at radius 1 is 1.24 bits per heavy atom. The Labute approximate surface area is 144 Å². The zero-order valence-electron chi connectivity index (χ0n) is 11.6. The Kier molecular flexibility index (Phi) is 5.89. The summed E-state index contributed by atoms with van der Waals surface area (Å²) in [5, 5.41) is 14.5. The van der Waals surface area contributed by atoms with E-state index in [1.165, 1.54) is 6.07 Å². The molecule has 114 valence electrons. The number of amides is 1. The molecule has 1 rings (SSSR count). The number of nitrogens with one attached hydrogen (secondary N) is 2. The lowest BCUT2D eigenvalue weighted by Crippen LogP contribution is -2.41. The summed E-state index contributed by atoms with van der Waals surface area (Å²) in [6.45, 7) is 5.26. The van der Waals surface area contributed by atoms with Gasteiger partial charge in [0, 0.05) is 14.4 Å². The molecule has 8 heteroatoms. The first-order valence-corrected chi connectivity index (χ1v) is 7.86. The van der Waals surface area contributed by atoms with Crippen LogP contribution < -0.4 is 10.6 Å². The summed E-state index contributed by atoms with van der Waals surface area (Å²) < 4.78 is 1.13. The predicted molar refractivity (Wildman–Crippen MR) is 92.6 cm³/mol. The van der Waals surface area contributed by atoms with Crippen LogP contribution in [0.1, 0.15) is 31.1 Å². The van der Waals surface area contributed by atoms with E-state index in [0.29, 0.717) is 8.95 Å². The minimum absolute atomic E-state index is 0.0311. The quantitative estimate of drug-likeness (QED) is 0.613. The molecule has 0 unspecified atom stereocenters. The van der Waals surface area contributed by atoms with Crippen LogP contribution in [0.15, 0.2) is 21.1 Å². The van der Waals surface area contributed by atoms with E-state index in [1.54, 1.807) is 26.8 Å². The zero-order valence-corrected chi connectivity index (χ0v) is 15.6. The predicted octanol–water partition coefficient (Wildman–Crippen LogP) is 3.77. The number of carbonyl (C=O) groups is 2. The van der Waals surface area contributed by atoms with E-state index in [-0.39, 0.29) is 22.3 Å². The highest BCUT2D eigenvalue weighted by Gasteiger charge is 2.23. The first kappa shape index (κ1) is 18.1. The molecule has 0 aromatic heterocycles. The number of carboxylic acids is 1. The number of rotatable bonds is 2. The second-order valence-electron chi connectivity index (χ2n) is 5.27. The van der Waals surface area contributed by atoms with E-state index in [9.17, 15) is 14.7 Å². The number of thiocarbonyl (C=S) groups is 1. The van der Waals surface area contributed by atoms with Crippen molar-refractivity contribution in [3.05, 3.63) is 26.6 Å². The lowest BCUT2D eigenvalue weighted by atomic mass is 9.96. The fourth-order valence-electron chi connectivity index (χ4n) is 1.30. The van der Waals surface area contributed by atoms with E-state index in [4.69, 9.17) is 12.2 Å². The Bertz CT molecular complexity index is 612. The van der Waals surface area contributed by atoms with Crippen LogP contribution in [0, 0.1) is 5.41 Å². The number of carboxylic acid groups (broad SMARTS) is 1. The smallest absolute Gasteiger partial charge is 0.337 e. The van der Waals surface area contributed by atoms with Crippen LogP contribution in [0.2, 0.25) is 0 Å². The van der Waals surface area contributed by atoms with Crippen molar-refractivity contribution in [3.63, 3.8) is 0 Å². The summed E-state index contributed by atoms with van der Waals surface area (Å²) in [4.78, 5) is 23.1. The molecule has 1 amide bonds. The second-order valence-corrected chi connectivity index (χ2v) is 7.45. The molecular formula is C13H14Br2N2O3S. The highest BCUT2D eigenvalue weighted by molar-refractivity contribution is 9.11. The molecule has 5 nitrogen and oxygen atoms in total. The van der Waals surface area contributed by atoms with Crippen molar-refractivity contribution in [1.82, 2.24) is 5.32 Å². The van der Waals surface area contributed by atoms with E-state index in [1.807, 2.05) is 0 Å². The molecule has 0 aliphatic carbocycles. The average molecular weight is 438 g/mol. The van der Waals surface area contributed by atoms with E-state index < -0.39 is 11.4 Å². The molecule has 0 fully saturated rings. The Morgan fingerprint density at radius 2 is 1.81 bits per heavy atom. The molecule has 21 heavy (non-hydrogen) atoms. The van der Waals surface area contributed by atoms with Gasteiger partial charge in [0.15, 0.2) is 5.11 Å². The van der Waals surface area contributed by atoms with Crippen molar-refractivity contribution in [2.75, 3.05) is 5.32 Å².